The molecule has 3 amide bonds. The first kappa shape index (κ1) is 22.3. The van der Waals surface area contributed by atoms with Crippen LogP contribution in [0.25, 0.3) is 0 Å². The summed E-state index contributed by atoms with van der Waals surface area (Å²) in [6.45, 7) is 0.826. The Morgan fingerprint density at radius 2 is 1.48 bits per heavy atom. The van der Waals surface area contributed by atoms with Gasteiger partial charge in [-0.15, -0.1) is 0 Å². The van der Waals surface area contributed by atoms with E-state index in [0.29, 0.717) is 5.02 Å². The second-order valence-electron chi connectivity index (χ2n) is 5.92. The van der Waals surface area contributed by atoms with Crippen molar-refractivity contribution in [2.45, 2.75) is 11.8 Å². The molecule has 29 heavy (non-hydrogen) atoms. The molecule has 0 atom stereocenters. The smallest absolute Gasteiger partial charge is 0.269 e. The van der Waals surface area contributed by atoms with Crippen molar-refractivity contribution in [2.24, 2.45) is 0 Å². The maximum Gasteiger partial charge on any atom is 0.269 e. The van der Waals surface area contributed by atoms with Crippen LogP contribution in [0, 0.1) is 6.92 Å². The van der Waals surface area contributed by atoms with Crippen molar-refractivity contribution in [2.75, 3.05) is 13.1 Å². The second kappa shape index (κ2) is 10.0. The van der Waals surface area contributed by atoms with Gasteiger partial charge in [0.05, 0.1) is 18.0 Å². The molecule has 0 fully saturated rings. The number of halogens is 1. The fraction of sp³-hybridized carbons (Fsp3) is 0.167. The van der Waals surface area contributed by atoms with Crippen LogP contribution in [0.1, 0.15) is 15.9 Å². The van der Waals surface area contributed by atoms with Gasteiger partial charge < -0.3 is 5.32 Å². The number of rotatable bonds is 7. The lowest BCUT2D eigenvalue weighted by Gasteiger charge is -2.09. The summed E-state index contributed by atoms with van der Waals surface area (Å²) in [6, 6.07) is 12.1. The first-order chi connectivity index (χ1) is 13.7. The number of amides is 3. The molecule has 2 aromatic carbocycles. The lowest BCUT2D eigenvalue weighted by Crippen LogP contribution is -2.47. The van der Waals surface area contributed by atoms with Crippen LogP contribution in [0.5, 0.6) is 0 Å². The summed E-state index contributed by atoms with van der Waals surface area (Å²) in [6.07, 6.45) is 0. The Bertz CT molecular complexity index is 992. The third kappa shape index (κ3) is 7.18. The van der Waals surface area contributed by atoms with Crippen molar-refractivity contribution in [1.82, 2.24) is 20.9 Å². The van der Waals surface area contributed by atoms with Gasteiger partial charge >= 0.3 is 0 Å². The maximum atomic E-state index is 12.1. The van der Waals surface area contributed by atoms with Gasteiger partial charge in [0.25, 0.3) is 11.8 Å². The fourth-order valence-electron chi connectivity index (χ4n) is 2.05. The van der Waals surface area contributed by atoms with Crippen LogP contribution in [-0.4, -0.2) is 39.2 Å². The number of carbonyl (C=O) groups excluding carboxylic acids is 3. The molecule has 0 saturated carbocycles. The van der Waals surface area contributed by atoms with E-state index in [2.05, 4.69) is 20.9 Å². The van der Waals surface area contributed by atoms with E-state index in [4.69, 9.17) is 11.6 Å². The Morgan fingerprint density at radius 1 is 0.862 bits per heavy atom. The van der Waals surface area contributed by atoms with Crippen molar-refractivity contribution in [1.29, 1.82) is 0 Å². The molecule has 0 spiro atoms. The van der Waals surface area contributed by atoms with Crippen molar-refractivity contribution >= 4 is 39.3 Å². The highest BCUT2D eigenvalue weighted by molar-refractivity contribution is 7.89. The summed E-state index contributed by atoms with van der Waals surface area (Å²) in [5.74, 6) is -1.96. The van der Waals surface area contributed by atoms with E-state index in [0.717, 1.165) is 5.56 Å². The minimum absolute atomic E-state index is 0.0264. The molecule has 11 heteroatoms. The van der Waals surface area contributed by atoms with Crippen LogP contribution < -0.4 is 20.9 Å². The Kier molecular flexibility index (Phi) is 7.71. The van der Waals surface area contributed by atoms with Gasteiger partial charge in [0.15, 0.2) is 0 Å². The molecule has 154 valence electrons. The van der Waals surface area contributed by atoms with Gasteiger partial charge in [0, 0.05) is 10.6 Å². The number of aryl methyl sites for hydroxylation is 1. The van der Waals surface area contributed by atoms with Gasteiger partial charge in [-0.25, -0.2) is 13.1 Å². The van der Waals surface area contributed by atoms with Crippen molar-refractivity contribution in [3.8, 4) is 0 Å². The Hall–Kier alpha value is -2.95. The number of hydrazine groups is 1. The highest BCUT2D eigenvalue weighted by Crippen LogP contribution is 2.10. The van der Waals surface area contributed by atoms with Crippen LogP contribution in [0.3, 0.4) is 0 Å². The van der Waals surface area contributed by atoms with E-state index in [1.54, 1.807) is 12.1 Å². The van der Waals surface area contributed by atoms with E-state index >= 15 is 0 Å². The van der Waals surface area contributed by atoms with Crippen LogP contribution in [0.15, 0.2) is 53.4 Å². The predicted octanol–water partition coefficient (Wildman–Crippen LogP) is 0.504. The van der Waals surface area contributed by atoms with Crippen LogP contribution in [0.2, 0.25) is 5.02 Å². The highest BCUT2D eigenvalue weighted by atomic mass is 35.5. The molecule has 0 unspecified atom stereocenters. The fourth-order valence-corrected chi connectivity index (χ4v) is 3.15. The van der Waals surface area contributed by atoms with Gasteiger partial charge in [-0.05, 0) is 43.3 Å². The van der Waals surface area contributed by atoms with Crippen LogP contribution >= 0.6 is 11.6 Å². The zero-order valence-electron chi connectivity index (χ0n) is 15.4. The van der Waals surface area contributed by atoms with Gasteiger partial charge in [-0.3, -0.25) is 25.2 Å². The maximum absolute atomic E-state index is 12.1. The third-order valence-corrected chi connectivity index (χ3v) is 5.29. The molecular formula is C18H19ClN4O5S. The number of carbonyl (C=O) groups is 3. The van der Waals surface area contributed by atoms with E-state index in [-0.39, 0.29) is 10.5 Å². The highest BCUT2D eigenvalue weighted by Gasteiger charge is 2.15. The molecule has 0 aliphatic carbocycles. The zero-order valence-corrected chi connectivity index (χ0v) is 16.9. The number of hydrogen-bond donors (Lipinski definition) is 4. The van der Waals surface area contributed by atoms with Crippen molar-refractivity contribution in [3.63, 3.8) is 0 Å². The molecule has 9 nitrogen and oxygen atoms in total. The molecular weight excluding hydrogens is 420 g/mol. The molecule has 0 aliphatic heterocycles. The van der Waals surface area contributed by atoms with Crippen LogP contribution in [0.4, 0.5) is 0 Å². The first-order valence-electron chi connectivity index (χ1n) is 8.35. The van der Waals surface area contributed by atoms with Gasteiger partial charge in [0.1, 0.15) is 0 Å². The molecule has 2 rings (SSSR count). The molecule has 0 bridgehead atoms. The standard InChI is InChI=1S/C18H19ClN4O5S/c1-12-2-8-15(9-3-12)29(27,28)21-11-16(24)20-10-17(25)22-23-18(26)13-4-6-14(19)7-5-13/h2-9,21H,10-11H2,1H3,(H,20,24)(H,22,25)(H,23,26). The summed E-state index contributed by atoms with van der Waals surface area (Å²) < 4.78 is 26.3. The van der Waals surface area contributed by atoms with Gasteiger partial charge in [0.2, 0.25) is 15.9 Å². The zero-order chi connectivity index (χ0) is 21.4. The molecule has 0 saturated heterocycles. The normalized spacial score (nSPS) is 10.8. The third-order valence-electron chi connectivity index (χ3n) is 3.62. The molecule has 0 heterocycles. The van der Waals surface area contributed by atoms with Gasteiger partial charge in [-0.2, -0.15) is 0 Å². The summed E-state index contributed by atoms with van der Waals surface area (Å²) in [7, 11) is -3.84. The molecule has 2 aromatic rings. The van der Waals surface area contributed by atoms with Crippen LogP contribution in [-0.2, 0) is 19.6 Å². The minimum Gasteiger partial charge on any atom is -0.346 e. The van der Waals surface area contributed by atoms with Crippen molar-refractivity contribution in [3.05, 3.63) is 64.7 Å². The second-order valence-corrected chi connectivity index (χ2v) is 8.13. The molecule has 4 N–H and O–H groups in total. The quantitative estimate of drug-likeness (QED) is 0.467. The monoisotopic (exact) mass is 438 g/mol. The molecule has 0 radical (unpaired) electrons. The average molecular weight is 439 g/mol. The summed E-state index contributed by atoms with van der Waals surface area (Å²) >= 11 is 5.73. The number of hydrogen-bond acceptors (Lipinski definition) is 5. The Labute approximate surface area is 172 Å². The molecule has 0 aliphatic rings. The lowest BCUT2D eigenvalue weighted by atomic mass is 10.2. The van der Waals surface area contributed by atoms with Gasteiger partial charge in [-0.1, -0.05) is 29.3 Å². The van der Waals surface area contributed by atoms with E-state index in [9.17, 15) is 22.8 Å². The van der Waals surface area contributed by atoms with Crippen molar-refractivity contribution < 1.29 is 22.8 Å². The summed E-state index contributed by atoms with van der Waals surface area (Å²) in [4.78, 5) is 35.3. The summed E-state index contributed by atoms with van der Waals surface area (Å²) in [5, 5.41) is 2.70. The average Bonchev–Trinajstić information content (AvgIpc) is 2.70. The Morgan fingerprint density at radius 3 is 2.10 bits per heavy atom. The topological polar surface area (TPSA) is 133 Å². The summed E-state index contributed by atoms with van der Waals surface area (Å²) in [5.41, 5.74) is 5.49. The van der Waals surface area contributed by atoms with E-state index in [1.165, 1.54) is 36.4 Å². The Balaban J connectivity index is 1.72. The predicted molar refractivity (Wildman–Crippen MR) is 106 cm³/mol. The number of nitrogens with one attached hydrogen (secondary N) is 4. The lowest BCUT2D eigenvalue weighted by molar-refractivity contribution is -0.125. The minimum atomic E-state index is -3.84. The number of benzene rings is 2. The first-order valence-corrected chi connectivity index (χ1v) is 10.2. The largest absolute Gasteiger partial charge is 0.346 e. The van der Waals surface area contributed by atoms with E-state index in [1.807, 2.05) is 6.92 Å². The SMILES string of the molecule is Cc1ccc(S(=O)(=O)NCC(=O)NCC(=O)NNC(=O)c2ccc(Cl)cc2)cc1. The number of sulfonamides is 1. The molecule has 0 aromatic heterocycles. The van der Waals surface area contributed by atoms with E-state index < -0.39 is 40.8 Å².